The normalized spacial score (nSPS) is 20.7. The lowest BCUT2D eigenvalue weighted by Gasteiger charge is -2.42. The second kappa shape index (κ2) is 12.1. The van der Waals surface area contributed by atoms with Gasteiger partial charge in [-0.3, -0.25) is 4.79 Å². The lowest BCUT2D eigenvalue weighted by atomic mass is 9.80. The van der Waals surface area contributed by atoms with E-state index in [-0.39, 0.29) is 18.8 Å². The number of hydrogen-bond acceptors (Lipinski definition) is 2. The van der Waals surface area contributed by atoms with Crippen LogP contribution in [0.1, 0.15) is 64.7 Å². The Kier molecular flexibility index (Phi) is 11.0. The van der Waals surface area contributed by atoms with Gasteiger partial charge in [0.15, 0.2) is 0 Å². The molecular weight excluding hydrogens is 619 g/mol. The Morgan fingerprint density at radius 2 is 1.02 bits per heavy atom. The number of rotatable bonds is 14. The maximum atomic E-state index is 13.9. The van der Waals surface area contributed by atoms with Crippen molar-refractivity contribution in [2.24, 2.45) is 11.8 Å². The van der Waals surface area contributed by atoms with Crippen LogP contribution in [0.2, 0.25) is 0 Å². The average Bonchev–Trinajstić information content (AvgIpc) is 2.83. The SMILES string of the molecule is CCCCCC1CCC(C(=O)OCCC(F)(F)C(F)(F)C(F)(F)C(F)(F)C(F)(F)C(F)(F)C(F)(F)C(F)(F)F)CC1. The summed E-state index contributed by atoms with van der Waals surface area (Å²) in [5.41, 5.74) is 0. The van der Waals surface area contributed by atoms with Crippen LogP contribution in [0.3, 0.4) is 0 Å². The second-order valence-corrected chi connectivity index (χ2v) is 9.78. The topological polar surface area (TPSA) is 26.3 Å². The van der Waals surface area contributed by atoms with Gasteiger partial charge in [-0.05, 0) is 31.6 Å². The Hall–Kier alpha value is -1.72. The van der Waals surface area contributed by atoms with Crippen molar-refractivity contribution >= 4 is 5.97 Å². The molecule has 0 bridgehead atoms. The van der Waals surface area contributed by atoms with Crippen molar-refractivity contribution in [2.75, 3.05) is 6.61 Å². The fourth-order valence-electron chi connectivity index (χ4n) is 4.12. The maximum Gasteiger partial charge on any atom is 0.460 e. The first-order chi connectivity index (χ1) is 18.2. The first-order valence-electron chi connectivity index (χ1n) is 12.1. The summed E-state index contributed by atoms with van der Waals surface area (Å²) in [6.45, 7) is 0.0742. The quantitative estimate of drug-likeness (QED) is 0.107. The van der Waals surface area contributed by atoms with E-state index in [1.807, 2.05) is 6.92 Å². The minimum Gasteiger partial charge on any atom is -0.465 e. The highest BCUT2D eigenvalue weighted by molar-refractivity contribution is 5.72. The van der Waals surface area contributed by atoms with E-state index in [0.717, 1.165) is 25.7 Å². The van der Waals surface area contributed by atoms with E-state index in [9.17, 15) is 79.4 Å². The number of carbonyl (C=O) groups is 1. The van der Waals surface area contributed by atoms with Gasteiger partial charge in [0.2, 0.25) is 0 Å². The lowest BCUT2D eigenvalue weighted by molar-refractivity contribution is -0.461. The predicted molar refractivity (Wildman–Crippen MR) is 106 cm³/mol. The zero-order chi connectivity index (χ0) is 32.5. The molecule has 0 heterocycles. The number of hydrogen-bond donors (Lipinski definition) is 0. The molecule has 0 amide bonds. The molecule has 0 aromatic carbocycles. The molecule has 0 N–H and O–H groups in total. The van der Waals surface area contributed by atoms with Crippen LogP contribution < -0.4 is 0 Å². The zero-order valence-electron chi connectivity index (χ0n) is 21.0. The van der Waals surface area contributed by atoms with Crippen LogP contribution in [-0.4, -0.2) is 60.2 Å². The van der Waals surface area contributed by atoms with E-state index in [1.54, 1.807) is 0 Å². The van der Waals surface area contributed by atoms with Crippen molar-refractivity contribution in [3.63, 3.8) is 0 Å². The zero-order valence-corrected chi connectivity index (χ0v) is 21.0. The number of ether oxygens (including phenoxy) is 1. The number of alkyl halides is 17. The summed E-state index contributed by atoms with van der Waals surface area (Å²) in [6, 6.07) is 0. The summed E-state index contributed by atoms with van der Waals surface area (Å²) in [6.07, 6.45) is -5.64. The van der Waals surface area contributed by atoms with Crippen molar-refractivity contribution in [1.29, 1.82) is 0 Å². The minimum absolute atomic E-state index is 0.165. The van der Waals surface area contributed by atoms with Crippen LogP contribution in [0, 0.1) is 11.8 Å². The molecule has 1 aliphatic rings. The van der Waals surface area contributed by atoms with Crippen molar-refractivity contribution in [1.82, 2.24) is 0 Å². The highest BCUT2D eigenvalue weighted by Gasteiger charge is 2.95. The number of esters is 1. The monoisotopic (exact) mass is 644 g/mol. The van der Waals surface area contributed by atoms with Gasteiger partial charge in [-0.25, -0.2) is 0 Å². The number of carbonyl (C=O) groups excluding carboxylic acids is 1. The Morgan fingerprint density at radius 3 is 1.44 bits per heavy atom. The molecule has 0 unspecified atom stereocenters. The molecule has 41 heavy (non-hydrogen) atoms. The summed E-state index contributed by atoms with van der Waals surface area (Å²) in [5, 5.41) is 0. The predicted octanol–water partition coefficient (Wildman–Crippen LogP) is 9.32. The molecule has 1 saturated carbocycles. The van der Waals surface area contributed by atoms with E-state index >= 15 is 0 Å². The van der Waals surface area contributed by atoms with Gasteiger partial charge in [-0.1, -0.05) is 32.6 Å². The van der Waals surface area contributed by atoms with Crippen LogP contribution in [0.5, 0.6) is 0 Å². The summed E-state index contributed by atoms with van der Waals surface area (Å²) in [4.78, 5) is 12.0. The first kappa shape index (κ1) is 37.3. The van der Waals surface area contributed by atoms with Gasteiger partial charge in [0.05, 0.1) is 18.9 Å². The van der Waals surface area contributed by atoms with E-state index in [2.05, 4.69) is 4.74 Å². The van der Waals surface area contributed by atoms with E-state index in [0.29, 0.717) is 12.8 Å². The van der Waals surface area contributed by atoms with E-state index < -0.39 is 72.5 Å². The Labute approximate surface area is 221 Å². The lowest BCUT2D eigenvalue weighted by Crippen LogP contribution is -2.74. The van der Waals surface area contributed by atoms with Crippen LogP contribution in [0.4, 0.5) is 74.6 Å². The van der Waals surface area contributed by atoms with Crippen molar-refractivity contribution < 1.29 is 84.2 Å². The number of halogens is 17. The third-order valence-electron chi connectivity index (χ3n) is 6.84. The summed E-state index contributed by atoms with van der Waals surface area (Å²) < 4.78 is 230. The molecule has 0 atom stereocenters. The Morgan fingerprint density at radius 1 is 0.610 bits per heavy atom. The van der Waals surface area contributed by atoms with Crippen LogP contribution >= 0.6 is 0 Å². The Bertz CT molecular complexity index is 874. The maximum absolute atomic E-state index is 13.9. The van der Waals surface area contributed by atoms with Gasteiger partial charge < -0.3 is 4.74 Å². The highest BCUT2D eigenvalue weighted by atomic mass is 19.4. The standard InChI is InChI=1S/C22H25F17O2/c1-2-3-4-5-12-6-8-13(9-7-12)14(40)41-11-10-15(23,24)16(25,26)17(27,28)18(29,30)19(31,32)20(33,34)21(35,36)22(37,38)39/h12-13H,2-11H2,1H3. The van der Waals surface area contributed by atoms with Gasteiger partial charge in [0.1, 0.15) is 0 Å². The third-order valence-corrected chi connectivity index (χ3v) is 6.84. The van der Waals surface area contributed by atoms with Crippen molar-refractivity contribution in [2.45, 2.75) is 112 Å². The van der Waals surface area contributed by atoms with Gasteiger partial charge in [-0.15, -0.1) is 0 Å². The number of unbranched alkanes of at least 4 members (excludes halogenated alkanes) is 2. The van der Waals surface area contributed by atoms with Crippen LogP contribution in [0.25, 0.3) is 0 Å². The minimum atomic E-state index is -8.66. The van der Waals surface area contributed by atoms with Gasteiger partial charge in [-0.2, -0.15) is 74.6 Å². The summed E-state index contributed by atoms with van der Waals surface area (Å²) >= 11 is 0. The Balaban J connectivity index is 3.02. The van der Waals surface area contributed by atoms with Gasteiger partial charge in [0, 0.05) is 0 Å². The molecule has 0 aromatic rings. The molecule has 1 aliphatic carbocycles. The van der Waals surface area contributed by atoms with Crippen molar-refractivity contribution in [3.05, 3.63) is 0 Å². The summed E-state index contributed by atoms with van der Waals surface area (Å²) in [5.74, 6) is -58.7. The fraction of sp³-hybridized carbons (Fsp3) is 0.955. The molecule has 1 rings (SSSR count). The van der Waals surface area contributed by atoms with Crippen LogP contribution in [0.15, 0.2) is 0 Å². The molecule has 19 heteroatoms. The smallest absolute Gasteiger partial charge is 0.460 e. The molecule has 0 radical (unpaired) electrons. The molecule has 0 aliphatic heterocycles. The molecule has 0 aromatic heterocycles. The molecule has 0 spiro atoms. The average molecular weight is 644 g/mol. The molecule has 0 saturated heterocycles. The largest absolute Gasteiger partial charge is 0.465 e. The van der Waals surface area contributed by atoms with Gasteiger partial charge >= 0.3 is 53.6 Å². The van der Waals surface area contributed by atoms with E-state index in [4.69, 9.17) is 0 Å². The second-order valence-electron chi connectivity index (χ2n) is 9.78. The third kappa shape index (κ3) is 6.61. The fourth-order valence-corrected chi connectivity index (χ4v) is 4.12. The molecule has 2 nitrogen and oxygen atoms in total. The molecule has 1 fully saturated rings. The van der Waals surface area contributed by atoms with Crippen molar-refractivity contribution in [3.8, 4) is 0 Å². The van der Waals surface area contributed by atoms with Gasteiger partial charge in [0.25, 0.3) is 0 Å². The van der Waals surface area contributed by atoms with E-state index in [1.165, 1.54) is 0 Å². The molecule has 244 valence electrons. The highest BCUT2D eigenvalue weighted by Crippen LogP contribution is 2.64. The summed E-state index contributed by atoms with van der Waals surface area (Å²) in [7, 11) is 0. The first-order valence-corrected chi connectivity index (χ1v) is 12.1. The molecular formula is C22H25F17O2. The van der Waals surface area contributed by atoms with Crippen LogP contribution in [-0.2, 0) is 9.53 Å².